The van der Waals surface area contributed by atoms with E-state index in [9.17, 15) is 26.3 Å². The molecule has 3 atom stereocenters. The molecule has 3 aromatic rings. The first kappa shape index (κ1) is 25.8. The van der Waals surface area contributed by atoms with Crippen LogP contribution in [0.4, 0.5) is 38.0 Å². The Balaban J connectivity index is 1.49. The summed E-state index contributed by atoms with van der Waals surface area (Å²) in [5, 5.41) is 7.52. The topological polar surface area (TPSA) is 80.5 Å². The highest BCUT2D eigenvalue weighted by molar-refractivity contribution is 5.52. The van der Waals surface area contributed by atoms with Crippen LogP contribution in [-0.4, -0.2) is 56.0 Å². The van der Waals surface area contributed by atoms with Gasteiger partial charge in [0.1, 0.15) is 5.69 Å². The lowest BCUT2D eigenvalue weighted by Gasteiger charge is -2.30. The summed E-state index contributed by atoms with van der Waals surface area (Å²) in [6.45, 7) is 3.75. The number of hydrogen-bond donors (Lipinski definition) is 1. The Kier molecular flexibility index (Phi) is 7.14. The SMILES string of the molecule is CCN(C[C@@H]1CCC[C@H]1Nc1nc2c(OC(C)C(F)(F)F)nccn2n1)c1ccnc(C(F)(F)F)c1. The molecule has 0 aromatic carbocycles. The molecular weight excluding hydrogens is 492 g/mol. The highest BCUT2D eigenvalue weighted by Gasteiger charge is 2.39. The number of alkyl halides is 6. The molecule has 196 valence electrons. The van der Waals surface area contributed by atoms with Crippen LogP contribution in [0.15, 0.2) is 30.7 Å². The average molecular weight is 517 g/mol. The zero-order chi connectivity index (χ0) is 26.1. The van der Waals surface area contributed by atoms with Gasteiger partial charge in [0, 0.05) is 43.4 Å². The van der Waals surface area contributed by atoms with E-state index in [1.807, 2.05) is 11.8 Å². The van der Waals surface area contributed by atoms with Gasteiger partial charge in [0.15, 0.2) is 6.10 Å². The molecule has 3 aromatic heterocycles. The zero-order valence-corrected chi connectivity index (χ0v) is 19.5. The Hall–Kier alpha value is -3.32. The van der Waals surface area contributed by atoms with Crippen molar-refractivity contribution in [3.8, 4) is 5.88 Å². The Bertz CT molecular complexity index is 1180. The second-order valence-corrected chi connectivity index (χ2v) is 8.62. The van der Waals surface area contributed by atoms with Gasteiger partial charge in [0.05, 0.1) is 0 Å². The summed E-state index contributed by atoms with van der Waals surface area (Å²) in [6, 6.07) is 2.52. The van der Waals surface area contributed by atoms with E-state index in [2.05, 4.69) is 25.4 Å². The summed E-state index contributed by atoms with van der Waals surface area (Å²) in [5.74, 6) is -0.00458. The molecule has 1 unspecified atom stereocenters. The Morgan fingerprint density at radius 3 is 2.64 bits per heavy atom. The molecule has 1 fully saturated rings. The Labute approximate surface area is 202 Å². The van der Waals surface area contributed by atoms with Gasteiger partial charge < -0.3 is 15.0 Å². The third-order valence-corrected chi connectivity index (χ3v) is 6.18. The molecule has 0 saturated heterocycles. The minimum Gasteiger partial charge on any atom is -0.462 e. The smallest absolute Gasteiger partial charge is 0.433 e. The van der Waals surface area contributed by atoms with Crippen molar-refractivity contribution in [1.29, 1.82) is 0 Å². The molecule has 0 aliphatic heterocycles. The first-order valence-electron chi connectivity index (χ1n) is 11.4. The highest BCUT2D eigenvalue weighted by Crippen LogP contribution is 2.33. The summed E-state index contributed by atoms with van der Waals surface area (Å²) in [5.41, 5.74) is -0.472. The van der Waals surface area contributed by atoms with Gasteiger partial charge in [0.2, 0.25) is 11.6 Å². The average Bonchev–Trinajstić information content (AvgIpc) is 3.43. The van der Waals surface area contributed by atoms with E-state index in [-0.39, 0.29) is 29.4 Å². The largest absolute Gasteiger partial charge is 0.462 e. The number of nitrogens with zero attached hydrogens (tertiary/aromatic N) is 6. The van der Waals surface area contributed by atoms with Crippen LogP contribution < -0.4 is 15.0 Å². The molecule has 36 heavy (non-hydrogen) atoms. The van der Waals surface area contributed by atoms with E-state index in [0.717, 1.165) is 38.4 Å². The first-order chi connectivity index (χ1) is 17.0. The molecule has 0 spiro atoms. The van der Waals surface area contributed by atoms with Gasteiger partial charge in [-0.3, -0.25) is 4.98 Å². The fraction of sp³-hybridized carbons (Fsp3) is 0.545. The molecule has 3 heterocycles. The van der Waals surface area contributed by atoms with Crippen LogP contribution in [0.2, 0.25) is 0 Å². The van der Waals surface area contributed by atoms with Gasteiger partial charge in [-0.15, -0.1) is 5.10 Å². The van der Waals surface area contributed by atoms with E-state index in [1.54, 1.807) is 6.07 Å². The molecule has 0 radical (unpaired) electrons. The third-order valence-electron chi connectivity index (χ3n) is 6.18. The summed E-state index contributed by atoms with van der Waals surface area (Å²) in [6.07, 6.45) is -4.77. The van der Waals surface area contributed by atoms with E-state index in [4.69, 9.17) is 4.74 Å². The van der Waals surface area contributed by atoms with Gasteiger partial charge in [-0.25, -0.2) is 9.50 Å². The number of halogens is 6. The van der Waals surface area contributed by atoms with Crippen molar-refractivity contribution in [2.24, 2.45) is 5.92 Å². The number of pyridine rings is 1. The number of fused-ring (bicyclic) bond motifs is 1. The number of ether oxygens (including phenoxy) is 1. The fourth-order valence-corrected chi connectivity index (χ4v) is 4.26. The van der Waals surface area contributed by atoms with Crippen molar-refractivity contribution in [1.82, 2.24) is 24.6 Å². The van der Waals surface area contributed by atoms with Gasteiger partial charge in [-0.2, -0.15) is 31.3 Å². The van der Waals surface area contributed by atoms with Crippen LogP contribution in [0.5, 0.6) is 5.88 Å². The van der Waals surface area contributed by atoms with Crippen LogP contribution >= 0.6 is 0 Å². The molecule has 0 bridgehead atoms. The van der Waals surface area contributed by atoms with Gasteiger partial charge in [-0.05, 0) is 44.7 Å². The van der Waals surface area contributed by atoms with Gasteiger partial charge in [0.25, 0.3) is 5.88 Å². The quantitative estimate of drug-likeness (QED) is 0.423. The Morgan fingerprint density at radius 1 is 1.17 bits per heavy atom. The monoisotopic (exact) mass is 517 g/mol. The predicted octanol–water partition coefficient (Wildman–Crippen LogP) is 4.97. The summed E-state index contributed by atoms with van der Waals surface area (Å²) in [4.78, 5) is 13.4. The molecule has 0 amide bonds. The van der Waals surface area contributed by atoms with Crippen LogP contribution in [0, 0.1) is 5.92 Å². The van der Waals surface area contributed by atoms with Crippen molar-refractivity contribution >= 4 is 17.3 Å². The van der Waals surface area contributed by atoms with Gasteiger partial charge >= 0.3 is 12.4 Å². The van der Waals surface area contributed by atoms with Crippen LogP contribution in [0.1, 0.15) is 38.8 Å². The van der Waals surface area contributed by atoms with Crippen molar-refractivity contribution < 1.29 is 31.1 Å². The fourth-order valence-electron chi connectivity index (χ4n) is 4.26. The summed E-state index contributed by atoms with van der Waals surface area (Å²) in [7, 11) is 0. The Morgan fingerprint density at radius 2 is 1.94 bits per heavy atom. The molecule has 1 saturated carbocycles. The minimum atomic E-state index is -4.56. The van der Waals surface area contributed by atoms with Crippen molar-refractivity contribution in [2.45, 2.75) is 57.6 Å². The number of rotatable bonds is 8. The summed E-state index contributed by atoms with van der Waals surface area (Å²) < 4.78 is 84.3. The third kappa shape index (κ3) is 5.73. The maximum absolute atomic E-state index is 13.1. The molecule has 8 nitrogen and oxygen atoms in total. The normalized spacial score (nSPS) is 19.4. The van der Waals surface area contributed by atoms with Crippen LogP contribution in [0.3, 0.4) is 0 Å². The number of hydrogen-bond acceptors (Lipinski definition) is 7. The van der Waals surface area contributed by atoms with E-state index in [1.165, 1.54) is 16.9 Å². The first-order valence-corrected chi connectivity index (χ1v) is 11.4. The number of aromatic nitrogens is 5. The van der Waals surface area contributed by atoms with Crippen molar-refractivity contribution in [3.63, 3.8) is 0 Å². The maximum atomic E-state index is 13.1. The van der Waals surface area contributed by atoms with Crippen molar-refractivity contribution in [2.75, 3.05) is 23.3 Å². The molecule has 1 aliphatic rings. The van der Waals surface area contributed by atoms with Crippen LogP contribution in [-0.2, 0) is 6.18 Å². The maximum Gasteiger partial charge on any atom is 0.433 e. The second-order valence-electron chi connectivity index (χ2n) is 8.62. The molecular formula is C22H25F6N7O. The number of nitrogens with one attached hydrogen (secondary N) is 1. The lowest BCUT2D eigenvalue weighted by molar-refractivity contribution is -0.189. The van der Waals surface area contributed by atoms with E-state index in [0.29, 0.717) is 18.8 Å². The molecule has 4 rings (SSSR count). The summed E-state index contributed by atoms with van der Waals surface area (Å²) >= 11 is 0. The molecule has 14 heteroatoms. The molecule has 1 N–H and O–H groups in total. The lowest BCUT2D eigenvalue weighted by Crippen LogP contribution is -2.36. The second kappa shape index (κ2) is 9.97. The number of anilines is 2. The molecule has 1 aliphatic carbocycles. The highest BCUT2D eigenvalue weighted by atomic mass is 19.4. The minimum absolute atomic E-state index is 0.0392. The lowest BCUT2D eigenvalue weighted by atomic mass is 10.0. The van der Waals surface area contributed by atoms with Gasteiger partial charge in [-0.1, -0.05) is 6.42 Å². The van der Waals surface area contributed by atoms with E-state index >= 15 is 0 Å². The zero-order valence-electron chi connectivity index (χ0n) is 19.5. The predicted molar refractivity (Wildman–Crippen MR) is 119 cm³/mol. The standard InChI is InChI=1S/C22H25F6N7O/c1-3-34(15-7-8-29-17(11-15)22(26,27)28)12-14-5-4-6-16(14)31-20-32-18-19(30-9-10-35(18)33-20)36-13(2)21(23,24)25/h7-11,13-14,16H,3-6,12H2,1-2H3,(H,31,33)/t13?,14-,16+/m0/s1. The van der Waals surface area contributed by atoms with E-state index < -0.39 is 24.2 Å². The van der Waals surface area contributed by atoms with Crippen molar-refractivity contribution in [3.05, 3.63) is 36.4 Å². The van der Waals surface area contributed by atoms with Crippen LogP contribution in [0.25, 0.3) is 5.65 Å².